The molecular formula is C129H85N9. The van der Waals surface area contributed by atoms with Gasteiger partial charge in [0.2, 0.25) is 0 Å². The first-order valence-electron chi connectivity index (χ1n) is 46.5. The maximum absolute atomic E-state index is 10.7. The highest BCUT2D eigenvalue weighted by Crippen LogP contribution is 2.57. The molecule has 0 saturated carbocycles. The Kier molecular flexibility index (Phi) is 20.1. The minimum absolute atomic E-state index is 0.140. The Labute approximate surface area is 800 Å². The standard InChI is InChI=1S/2C47H31N3.C35H23N3/c1-47(2)41-22-11-9-18-36(41)39-25-40-37-19-10-12-23-43(37)50(45(40)27-42(39)47)44-26-38(32(28-48)24-33(44)29-49)46-34(30-14-5-3-6-15-30)20-13-21-35(46)31-16-7-4-8-17-31;1-47(2)42-19-11-9-17-36(42)40-25-41-37-18-10-12-20-44(37)50(46(41)27-43(40)47)45-26-38(33(28-48)23-34(45)29-49)39-24-32(30-13-5-3-6-14-30)21-22-35(39)31-15-7-4-8-16-31;1-35(2)29-14-8-6-12-24(29)26-18-27-25-13-7-9-15-31(25)38(33(27)19-30(26)35)32-17-16-23(20-36)34(28(32)21-37)22-10-4-3-5-11-22/h2*3-27H,1-2H3;3-19H,1-2H3. The number of para-hydroxylation sites is 3. The predicted octanol–water partition coefficient (Wildman–Crippen LogP) is 32.2. The lowest BCUT2D eigenvalue weighted by atomic mass is 9.82. The first-order valence-corrected chi connectivity index (χ1v) is 46.5. The van der Waals surface area contributed by atoms with E-state index in [1.165, 1.54) is 66.8 Å². The van der Waals surface area contributed by atoms with E-state index in [1.807, 2.05) is 121 Å². The maximum atomic E-state index is 10.7. The topological polar surface area (TPSA) is 158 Å². The van der Waals surface area contributed by atoms with Crippen LogP contribution in [0.25, 0.3) is 194 Å². The molecule has 19 aromatic carbocycles. The molecule has 0 saturated heterocycles. The van der Waals surface area contributed by atoms with Crippen molar-refractivity contribution in [2.24, 2.45) is 0 Å². The Hall–Kier alpha value is -18.5. The minimum Gasteiger partial charge on any atom is -0.308 e. The molecule has 0 radical (unpaired) electrons. The molecule has 646 valence electrons. The number of aromatic nitrogens is 3. The van der Waals surface area contributed by atoms with Crippen LogP contribution in [0.1, 0.15) is 108 Å². The van der Waals surface area contributed by atoms with E-state index in [0.29, 0.717) is 38.9 Å². The average Bonchev–Trinajstić information content (AvgIpc) is 1.55. The summed E-state index contributed by atoms with van der Waals surface area (Å²) < 4.78 is 6.67. The summed E-state index contributed by atoms with van der Waals surface area (Å²) in [5, 5.41) is 69.9. The highest BCUT2D eigenvalue weighted by atomic mass is 15.0. The molecule has 0 unspecified atom stereocenters. The number of benzene rings is 19. The summed E-state index contributed by atoms with van der Waals surface area (Å²) in [4.78, 5) is 0. The minimum atomic E-state index is -0.186. The van der Waals surface area contributed by atoms with Gasteiger partial charge in [-0.2, -0.15) is 31.6 Å². The Morgan fingerprint density at radius 1 is 0.174 bits per heavy atom. The summed E-state index contributed by atoms with van der Waals surface area (Å²) in [7, 11) is 0. The zero-order valence-corrected chi connectivity index (χ0v) is 76.7. The number of nitriles is 6. The molecule has 138 heavy (non-hydrogen) atoms. The number of nitrogens with zero attached hydrogens (tertiary/aromatic N) is 9. The van der Waals surface area contributed by atoms with Gasteiger partial charge in [-0.3, -0.25) is 0 Å². The van der Waals surface area contributed by atoms with Crippen LogP contribution in [-0.2, 0) is 16.2 Å². The summed E-state index contributed by atoms with van der Waals surface area (Å²) in [6, 6.07) is 155. The molecule has 0 N–H and O–H groups in total. The summed E-state index contributed by atoms with van der Waals surface area (Å²) in [5.74, 6) is 0. The molecule has 9 nitrogen and oxygen atoms in total. The Balaban J connectivity index is 0.000000117. The van der Waals surface area contributed by atoms with Crippen molar-refractivity contribution < 1.29 is 0 Å². The van der Waals surface area contributed by atoms with Crippen LogP contribution >= 0.6 is 0 Å². The fraction of sp³-hybridized carbons (Fsp3) is 0.0698. The molecule has 0 fully saturated rings. The largest absolute Gasteiger partial charge is 0.308 e. The zero-order valence-electron chi connectivity index (χ0n) is 76.7. The maximum Gasteiger partial charge on any atom is 0.102 e. The van der Waals surface area contributed by atoms with Gasteiger partial charge in [0.25, 0.3) is 0 Å². The van der Waals surface area contributed by atoms with Crippen LogP contribution in [0.3, 0.4) is 0 Å². The molecule has 9 heteroatoms. The van der Waals surface area contributed by atoms with Gasteiger partial charge in [-0.15, -0.1) is 0 Å². The molecular weight excluding hydrogens is 1680 g/mol. The van der Waals surface area contributed by atoms with Gasteiger partial charge in [0.05, 0.1) is 102 Å². The molecule has 0 aliphatic heterocycles. The highest BCUT2D eigenvalue weighted by molar-refractivity contribution is 6.16. The molecule has 3 aromatic heterocycles. The quantitative estimate of drug-likeness (QED) is 0.133. The van der Waals surface area contributed by atoms with Crippen molar-refractivity contribution in [3.05, 3.63) is 473 Å². The van der Waals surface area contributed by atoms with E-state index in [-0.39, 0.29) is 16.2 Å². The summed E-state index contributed by atoms with van der Waals surface area (Å²) >= 11 is 0. The zero-order chi connectivity index (χ0) is 94.0. The van der Waals surface area contributed by atoms with Crippen molar-refractivity contribution in [2.45, 2.75) is 57.8 Å². The van der Waals surface area contributed by atoms with E-state index >= 15 is 0 Å². The third kappa shape index (κ3) is 13.2. The average molecular weight is 1760 g/mol. The van der Waals surface area contributed by atoms with Gasteiger partial charge in [0, 0.05) is 65.3 Å². The monoisotopic (exact) mass is 1760 g/mol. The van der Waals surface area contributed by atoms with Crippen LogP contribution in [0.4, 0.5) is 0 Å². The molecule has 0 atom stereocenters. The Morgan fingerprint density at radius 2 is 0.507 bits per heavy atom. The van der Waals surface area contributed by atoms with Crippen LogP contribution in [0, 0.1) is 68.0 Å². The van der Waals surface area contributed by atoms with Gasteiger partial charge in [0.1, 0.15) is 18.2 Å². The number of hydrogen-bond donors (Lipinski definition) is 0. The summed E-state index contributed by atoms with van der Waals surface area (Å²) in [5.41, 5.74) is 39.7. The van der Waals surface area contributed by atoms with Gasteiger partial charge in [-0.1, -0.05) is 351 Å². The number of fused-ring (bicyclic) bond motifs is 18. The molecule has 0 bridgehead atoms. The lowest BCUT2D eigenvalue weighted by molar-refractivity contribution is 0.661. The van der Waals surface area contributed by atoms with Crippen LogP contribution in [0.5, 0.6) is 0 Å². The van der Waals surface area contributed by atoms with E-state index in [2.05, 4.69) is 365 Å². The third-order valence-corrected chi connectivity index (χ3v) is 29.1. The molecule has 22 aromatic rings. The van der Waals surface area contributed by atoms with Crippen molar-refractivity contribution in [2.75, 3.05) is 0 Å². The fourth-order valence-corrected chi connectivity index (χ4v) is 22.5. The Bertz CT molecular complexity index is 9100. The predicted molar refractivity (Wildman–Crippen MR) is 561 cm³/mol. The number of rotatable bonds is 10. The van der Waals surface area contributed by atoms with Crippen molar-refractivity contribution in [1.82, 2.24) is 13.7 Å². The van der Waals surface area contributed by atoms with Gasteiger partial charge in [0.15, 0.2) is 0 Å². The molecule has 0 amide bonds. The van der Waals surface area contributed by atoms with E-state index in [4.69, 9.17) is 0 Å². The van der Waals surface area contributed by atoms with E-state index < -0.39 is 0 Å². The van der Waals surface area contributed by atoms with Gasteiger partial charge in [-0.25, -0.2) is 0 Å². The van der Waals surface area contributed by atoms with E-state index in [1.54, 1.807) is 12.1 Å². The van der Waals surface area contributed by atoms with Crippen molar-refractivity contribution in [3.8, 4) is 165 Å². The third-order valence-electron chi connectivity index (χ3n) is 29.1. The summed E-state index contributed by atoms with van der Waals surface area (Å²) in [6.07, 6.45) is 0. The summed E-state index contributed by atoms with van der Waals surface area (Å²) in [6.45, 7) is 13.7. The van der Waals surface area contributed by atoms with E-state index in [0.717, 1.165) is 155 Å². The SMILES string of the molecule is CC1(C)c2ccccc2-c2cc3c4ccccc4n(-c4cc(-c5c(-c6ccccc6)cccc5-c5ccccc5)c(C#N)cc4C#N)c3cc21.CC1(C)c2ccccc2-c2cc3c4ccccc4n(-c4cc(-c5cc(-c6ccccc6)ccc5-c5ccccc5)c(C#N)cc4C#N)c3cc21.CC1(C)c2ccccc2-c2cc3c4ccccc4n(-c4ccc(C#N)c(-c5ccccc5)c4C#N)c3cc21. The fourth-order valence-electron chi connectivity index (χ4n) is 22.5. The van der Waals surface area contributed by atoms with Gasteiger partial charge in [-0.05, 0) is 225 Å². The molecule has 3 aliphatic carbocycles. The highest BCUT2D eigenvalue weighted by Gasteiger charge is 2.41. The van der Waals surface area contributed by atoms with Crippen LogP contribution < -0.4 is 0 Å². The number of hydrogen-bond acceptors (Lipinski definition) is 6. The molecule has 3 aliphatic rings. The lowest BCUT2D eigenvalue weighted by Gasteiger charge is -2.22. The molecule has 0 spiro atoms. The normalized spacial score (nSPS) is 12.8. The molecule has 25 rings (SSSR count). The Morgan fingerprint density at radius 3 is 0.906 bits per heavy atom. The second-order valence-corrected chi connectivity index (χ2v) is 37.5. The van der Waals surface area contributed by atoms with Crippen LogP contribution in [0.2, 0.25) is 0 Å². The van der Waals surface area contributed by atoms with Crippen molar-refractivity contribution in [3.63, 3.8) is 0 Å². The first kappa shape index (κ1) is 83.8. The smallest absolute Gasteiger partial charge is 0.102 e. The lowest BCUT2D eigenvalue weighted by Crippen LogP contribution is -2.15. The van der Waals surface area contributed by atoms with Crippen LogP contribution in [0.15, 0.2) is 406 Å². The second-order valence-electron chi connectivity index (χ2n) is 37.5. The van der Waals surface area contributed by atoms with Crippen molar-refractivity contribution >= 4 is 65.4 Å². The van der Waals surface area contributed by atoms with Crippen LogP contribution in [-0.4, -0.2) is 13.7 Å². The van der Waals surface area contributed by atoms with Gasteiger partial charge >= 0.3 is 0 Å². The van der Waals surface area contributed by atoms with E-state index in [9.17, 15) is 31.6 Å². The van der Waals surface area contributed by atoms with Crippen molar-refractivity contribution in [1.29, 1.82) is 31.6 Å². The van der Waals surface area contributed by atoms with Gasteiger partial charge < -0.3 is 13.7 Å². The first-order chi connectivity index (χ1) is 67.5. The molecule has 3 heterocycles. The second kappa shape index (κ2) is 33.1.